The predicted octanol–water partition coefficient (Wildman–Crippen LogP) is 4.80. The maximum absolute atomic E-state index is 13.0. The molecule has 10 heteroatoms. The molecule has 2 aromatic carbocycles. The molecule has 0 bridgehead atoms. The van der Waals surface area contributed by atoms with E-state index in [1.807, 2.05) is 0 Å². The molecule has 0 heterocycles. The van der Waals surface area contributed by atoms with Gasteiger partial charge < -0.3 is 4.18 Å². The zero-order chi connectivity index (χ0) is 19.0. The van der Waals surface area contributed by atoms with E-state index in [-0.39, 0.29) is 0 Å². The van der Waals surface area contributed by atoms with E-state index >= 15 is 0 Å². The Bertz CT molecular complexity index is 835. The second-order valence-corrected chi connectivity index (χ2v) is 6.57. The monoisotopic (exact) mass is 384 g/mol. The second-order valence-electron chi connectivity index (χ2n) is 5.03. The van der Waals surface area contributed by atoms with Crippen LogP contribution in [0, 0.1) is 6.92 Å². The Labute approximate surface area is 139 Å². The lowest BCUT2D eigenvalue weighted by atomic mass is 10.1. The molecule has 136 valence electrons. The third-order valence-electron chi connectivity index (χ3n) is 3.13. The summed E-state index contributed by atoms with van der Waals surface area (Å²) in [5, 5.41) is 0. The Morgan fingerprint density at radius 3 is 1.64 bits per heavy atom. The van der Waals surface area contributed by atoms with Crippen molar-refractivity contribution in [3.63, 3.8) is 0 Å². The van der Waals surface area contributed by atoms with Crippen LogP contribution in [0.25, 0.3) is 0 Å². The van der Waals surface area contributed by atoms with E-state index < -0.39 is 44.2 Å². The van der Waals surface area contributed by atoms with E-state index in [0.717, 1.165) is 12.1 Å². The van der Waals surface area contributed by atoms with Crippen molar-refractivity contribution in [1.82, 2.24) is 0 Å². The summed E-state index contributed by atoms with van der Waals surface area (Å²) in [7, 11) is -4.90. The van der Waals surface area contributed by atoms with Crippen LogP contribution >= 0.6 is 0 Å². The van der Waals surface area contributed by atoms with Gasteiger partial charge in [-0.15, -0.1) is 0 Å². The minimum Gasteiger partial charge on any atom is -0.378 e. The maximum Gasteiger partial charge on any atom is 0.420 e. The van der Waals surface area contributed by atoms with Crippen molar-refractivity contribution < 1.29 is 38.9 Å². The van der Waals surface area contributed by atoms with Gasteiger partial charge in [-0.2, -0.15) is 34.8 Å². The van der Waals surface area contributed by atoms with E-state index in [4.69, 9.17) is 0 Å². The Kier molecular flexibility index (Phi) is 4.77. The molecule has 2 aromatic rings. The summed E-state index contributed by atoms with van der Waals surface area (Å²) in [4.78, 5) is -0.566. The fourth-order valence-corrected chi connectivity index (χ4v) is 2.90. The lowest BCUT2D eigenvalue weighted by molar-refractivity contribution is -0.144. The molecule has 0 aliphatic rings. The van der Waals surface area contributed by atoms with Crippen LogP contribution in [-0.2, 0) is 22.5 Å². The minimum atomic E-state index is -5.24. The fraction of sp³-hybridized carbons (Fsp3) is 0.200. The van der Waals surface area contributed by atoms with Crippen molar-refractivity contribution in [2.75, 3.05) is 0 Å². The molecule has 3 nitrogen and oxygen atoms in total. The Hall–Kier alpha value is -2.23. The first-order valence-electron chi connectivity index (χ1n) is 6.61. The van der Waals surface area contributed by atoms with Crippen LogP contribution in [0.15, 0.2) is 47.4 Å². The highest BCUT2D eigenvalue weighted by molar-refractivity contribution is 7.87. The lowest BCUT2D eigenvalue weighted by Gasteiger charge is -2.18. The van der Waals surface area contributed by atoms with Crippen LogP contribution in [0.1, 0.15) is 16.7 Å². The van der Waals surface area contributed by atoms with Crippen molar-refractivity contribution in [1.29, 1.82) is 0 Å². The molecule has 0 amide bonds. The number of para-hydroxylation sites is 1. The lowest BCUT2D eigenvalue weighted by Crippen LogP contribution is -2.19. The Balaban J connectivity index is 2.63. The van der Waals surface area contributed by atoms with Gasteiger partial charge in [0.2, 0.25) is 0 Å². The van der Waals surface area contributed by atoms with Crippen molar-refractivity contribution in [3.05, 3.63) is 59.2 Å². The van der Waals surface area contributed by atoms with Crippen LogP contribution in [-0.4, -0.2) is 8.42 Å². The van der Waals surface area contributed by atoms with Crippen molar-refractivity contribution in [3.8, 4) is 5.75 Å². The van der Waals surface area contributed by atoms with E-state index in [2.05, 4.69) is 4.18 Å². The smallest absolute Gasteiger partial charge is 0.378 e. The highest BCUT2D eigenvalue weighted by Gasteiger charge is 2.43. The van der Waals surface area contributed by atoms with E-state index in [1.54, 1.807) is 6.92 Å². The highest BCUT2D eigenvalue weighted by atomic mass is 32.2. The van der Waals surface area contributed by atoms with Crippen molar-refractivity contribution in [2.45, 2.75) is 24.2 Å². The molecule has 0 saturated heterocycles. The number of rotatable bonds is 3. The summed E-state index contributed by atoms with van der Waals surface area (Å²) in [5.41, 5.74) is -3.03. The third-order valence-corrected chi connectivity index (χ3v) is 4.36. The van der Waals surface area contributed by atoms with Crippen LogP contribution < -0.4 is 4.18 Å². The summed E-state index contributed by atoms with van der Waals surface area (Å²) >= 11 is 0. The van der Waals surface area contributed by atoms with Crippen molar-refractivity contribution in [2.24, 2.45) is 0 Å². The quantitative estimate of drug-likeness (QED) is 0.564. The van der Waals surface area contributed by atoms with Gasteiger partial charge in [-0.05, 0) is 31.2 Å². The molecular formula is C15H10F6O3S. The standard InChI is InChI=1S/C15H10F6O3S/c1-9-5-7-10(8-6-9)25(22,23)24-13-11(14(16,17)18)3-2-4-12(13)15(19,20)21/h2-8H,1H3. The molecule has 0 unspecified atom stereocenters. The van der Waals surface area contributed by atoms with Gasteiger partial charge in [-0.25, -0.2) is 0 Å². The number of alkyl halides is 6. The van der Waals surface area contributed by atoms with Crippen LogP contribution in [0.2, 0.25) is 0 Å². The first kappa shape index (κ1) is 19.1. The van der Waals surface area contributed by atoms with Crippen LogP contribution in [0.4, 0.5) is 26.3 Å². The molecule has 0 radical (unpaired) electrons. The largest absolute Gasteiger partial charge is 0.420 e. The zero-order valence-corrected chi connectivity index (χ0v) is 13.3. The first-order valence-corrected chi connectivity index (χ1v) is 8.02. The molecule has 0 aliphatic carbocycles. The normalized spacial score (nSPS) is 12.9. The number of aryl methyl sites for hydroxylation is 1. The predicted molar refractivity (Wildman–Crippen MR) is 75.4 cm³/mol. The minimum absolute atomic E-state index is 0.315. The van der Waals surface area contributed by atoms with Gasteiger partial charge in [0.25, 0.3) is 0 Å². The number of hydrogen-bond donors (Lipinski definition) is 0. The second kappa shape index (κ2) is 6.25. The Morgan fingerprint density at radius 1 is 0.800 bits per heavy atom. The van der Waals surface area contributed by atoms with Crippen LogP contribution in [0.3, 0.4) is 0 Å². The van der Waals surface area contributed by atoms with Gasteiger partial charge in [0.05, 0.1) is 11.1 Å². The molecule has 0 N–H and O–H groups in total. The zero-order valence-electron chi connectivity index (χ0n) is 12.4. The number of hydrogen-bond acceptors (Lipinski definition) is 3. The highest BCUT2D eigenvalue weighted by Crippen LogP contribution is 2.44. The third kappa shape index (κ3) is 4.25. The molecule has 0 atom stereocenters. The molecule has 0 fully saturated rings. The van der Waals surface area contributed by atoms with E-state index in [9.17, 15) is 34.8 Å². The van der Waals surface area contributed by atoms with Gasteiger partial charge in [-0.1, -0.05) is 23.8 Å². The Morgan fingerprint density at radius 2 is 1.24 bits per heavy atom. The van der Waals surface area contributed by atoms with E-state index in [0.29, 0.717) is 23.8 Å². The summed E-state index contributed by atoms with van der Waals surface area (Å²) in [5.74, 6) is -1.80. The summed E-state index contributed by atoms with van der Waals surface area (Å²) in [6.45, 7) is 1.62. The van der Waals surface area contributed by atoms with Gasteiger partial charge in [0.15, 0.2) is 5.75 Å². The molecule has 0 spiro atoms. The van der Waals surface area contributed by atoms with Crippen molar-refractivity contribution >= 4 is 10.1 Å². The summed E-state index contributed by atoms with van der Waals surface area (Å²) in [6.07, 6.45) is -10.5. The first-order chi connectivity index (χ1) is 11.3. The molecule has 2 rings (SSSR count). The van der Waals surface area contributed by atoms with Gasteiger partial charge in [0, 0.05) is 0 Å². The van der Waals surface area contributed by atoms with E-state index in [1.165, 1.54) is 12.1 Å². The van der Waals surface area contributed by atoms with Gasteiger partial charge in [-0.3, -0.25) is 0 Å². The molecule has 0 aliphatic heterocycles. The van der Waals surface area contributed by atoms with Crippen LogP contribution in [0.5, 0.6) is 5.75 Å². The molecule has 0 aromatic heterocycles. The molecular weight excluding hydrogens is 374 g/mol. The molecule has 25 heavy (non-hydrogen) atoms. The molecule has 0 saturated carbocycles. The topological polar surface area (TPSA) is 43.4 Å². The SMILES string of the molecule is Cc1ccc(S(=O)(=O)Oc2c(C(F)(F)F)cccc2C(F)(F)F)cc1. The summed E-state index contributed by atoms with van der Waals surface area (Å²) in [6, 6.07) is 5.86. The van der Waals surface area contributed by atoms with Gasteiger partial charge in [0.1, 0.15) is 4.90 Å². The number of benzene rings is 2. The average Bonchev–Trinajstić information content (AvgIpc) is 2.45. The average molecular weight is 384 g/mol. The number of halogens is 6. The summed E-state index contributed by atoms with van der Waals surface area (Å²) < 4.78 is 107. The van der Waals surface area contributed by atoms with Gasteiger partial charge >= 0.3 is 22.5 Å². The fourth-order valence-electron chi connectivity index (χ4n) is 1.94. The maximum atomic E-state index is 13.0.